The van der Waals surface area contributed by atoms with E-state index in [2.05, 4.69) is 10.5 Å². The number of nitrogens with zero attached hydrogens (tertiary/aromatic N) is 2. The van der Waals surface area contributed by atoms with E-state index in [9.17, 15) is 17.6 Å². The molecule has 0 unspecified atom stereocenters. The fourth-order valence-electron chi connectivity index (χ4n) is 2.99. The summed E-state index contributed by atoms with van der Waals surface area (Å²) < 4.78 is 41.4. The highest BCUT2D eigenvalue weighted by Gasteiger charge is 2.27. The highest BCUT2D eigenvalue weighted by Crippen LogP contribution is 2.21. The quantitative estimate of drug-likeness (QED) is 0.351. The fourth-order valence-corrected chi connectivity index (χ4v) is 4.72. The Balaban J connectivity index is 1.82. The summed E-state index contributed by atoms with van der Waals surface area (Å²) >= 11 is 11.8. The van der Waals surface area contributed by atoms with Gasteiger partial charge in [0.25, 0.3) is 5.91 Å². The molecule has 10 heteroatoms. The Labute approximate surface area is 201 Å². The first-order chi connectivity index (χ1) is 15.7. The van der Waals surface area contributed by atoms with E-state index in [1.807, 2.05) is 19.1 Å². The summed E-state index contributed by atoms with van der Waals surface area (Å²) in [7, 11) is -4.03. The molecule has 0 bridgehead atoms. The summed E-state index contributed by atoms with van der Waals surface area (Å²) in [6.45, 7) is 1.33. The minimum Gasteiger partial charge on any atom is -0.272 e. The summed E-state index contributed by atoms with van der Waals surface area (Å²) in [6, 6.07) is 17.1. The van der Waals surface area contributed by atoms with Crippen molar-refractivity contribution in [3.05, 3.63) is 99.3 Å². The molecule has 0 atom stereocenters. The molecule has 0 heterocycles. The van der Waals surface area contributed by atoms with E-state index >= 15 is 0 Å². The van der Waals surface area contributed by atoms with Crippen molar-refractivity contribution < 1.29 is 17.6 Å². The van der Waals surface area contributed by atoms with Gasteiger partial charge in [-0.2, -0.15) is 9.41 Å². The second kappa shape index (κ2) is 10.9. The lowest BCUT2D eigenvalue weighted by Gasteiger charge is -2.21. The van der Waals surface area contributed by atoms with Gasteiger partial charge in [-0.1, -0.05) is 59.1 Å². The van der Waals surface area contributed by atoms with Gasteiger partial charge in [-0.15, -0.1) is 0 Å². The summed E-state index contributed by atoms with van der Waals surface area (Å²) in [5.41, 5.74) is 3.89. The number of carbonyl (C=O) groups excluding carboxylic acids is 1. The number of hydrogen-bond donors (Lipinski definition) is 1. The van der Waals surface area contributed by atoms with E-state index in [4.69, 9.17) is 23.2 Å². The number of hydrogen-bond acceptors (Lipinski definition) is 4. The van der Waals surface area contributed by atoms with Crippen LogP contribution in [0, 0.1) is 12.7 Å². The first-order valence-corrected chi connectivity index (χ1v) is 11.9. The Hall–Kier alpha value is -2.78. The van der Waals surface area contributed by atoms with Crippen LogP contribution in [0.1, 0.15) is 16.7 Å². The largest absolute Gasteiger partial charge is 0.272 e. The highest BCUT2D eigenvalue weighted by molar-refractivity contribution is 7.89. The summed E-state index contributed by atoms with van der Waals surface area (Å²) in [6.07, 6.45) is 1.06. The van der Waals surface area contributed by atoms with Gasteiger partial charge < -0.3 is 0 Å². The Kier molecular flexibility index (Phi) is 8.20. The molecule has 0 saturated carbocycles. The maximum Gasteiger partial charge on any atom is 0.255 e. The number of amides is 1. The predicted octanol–water partition coefficient (Wildman–Crippen LogP) is 4.78. The molecule has 3 rings (SSSR count). The van der Waals surface area contributed by atoms with Gasteiger partial charge in [0.2, 0.25) is 10.0 Å². The van der Waals surface area contributed by atoms with Crippen LogP contribution in [0.4, 0.5) is 4.39 Å². The molecule has 0 fully saturated rings. The van der Waals surface area contributed by atoms with Crippen LogP contribution in [0.5, 0.6) is 0 Å². The zero-order valence-corrected chi connectivity index (χ0v) is 19.8. The topological polar surface area (TPSA) is 78.8 Å². The average molecular weight is 508 g/mol. The fraction of sp³-hybridized carbons (Fsp3) is 0.130. The van der Waals surface area contributed by atoms with Crippen LogP contribution in [0.25, 0.3) is 0 Å². The molecule has 0 spiro atoms. The predicted molar refractivity (Wildman–Crippen MR) is 127 cm³/mol. The number of rotatable bonds is 8. The van der Waals surface area contributed by atoms with Crippen molar-refractivity contribution in [2.75, 3.05) is 6.54 Å². The lowest BCUT2D eigenvalue weighted by molar-refractivity contribution is -0.121. The van der Waals surface area contributed by atoms with Crippen molar-refractivity contribution in [3.63, 3.8) is 0 Å². The van der Waals surface area contributed by atoms with Crippen LogP contribution in [0.15, 0.2) is 76.7 Å². The van der Waals surface area contributed by atoms with Crippen molar-refractivity contribution >= 4 is 45.3 Å². The summed E-state index contributed by atoms with van der Waals surface area (Å²) in [5, 5.41) is 4.23. The third kappa shape index (κ3) is 6.61. The van der Waals surface area contributed by atoms with Crippen LogP contribution in [0.3, 0.4) is 0 Å². The summed E-state index contributed by atoms with van der Waals surface area (Å²) in [5.74, 6) is -1.31. The van der Waals surface area contributed by atoms with Gasteiger partial charge >= 0.3 is 0 Å². The van der Waals surface area contributed by atoms with Gasteiger partial charge in [0.1, 0.15) is 5.82 Å². The first-order valence-electron chi connectivity index (χ1n) is 9.74. The van der Waals surface area contributed by atoms with Crippen molar-refractivity contribution in [2.45, 2.75) is 18.4 Å². The lowest BCUT2D eigenvalue weighted by Crippen LogP contribution is -2.39. The van der Waals surface area contributed by atoms with E-state index in [0.717, 1.165) is 16.1 Å². The highest BCUT2D eigenvalue weighted by atomic mass is 35.5. The molecule has 0 aliphatic carbocycles. The summed E-state index contributed by atoms with van der Waals surface area (Å²) in [4.78, 5) is 12.5. The SMILES string of the molecule is Cc1cccc(CN(CC(=O)N/N=C\c2c(F)cccc2Cl)S(=O)(=O)c2ccc(Cl)cc2)c1. The second-order valence-electron chi connectivity index (χ2n) is 7.14. The smallest absolute Gasteiger partial charge is 0.255 e. The molecular formula is C23H20Cl2FN3O3S. The molecule has 0 radical (unpaired) electrons. The number of halogens is 3. The number of sulfonamides is 1. The van der Waals surface area contributed by atoms with Gasteiger partial charge in [0.05, 0.1) is 22.7 Å². The van der Waals surface area contributed by atoms with Crippen LogP contribution >= 0.6 is 23.2 Å². The van der Waals surface area contributed by atoms with Crippen molar-refractivity contribution in [2.24, 2.45) is 5.10 Å². The molecular weight excluding hydrogens is 488 g/mol. The number of benzene rings is 3. The minimum atomic E-state index is -4.03. The van der Waals surface area contributed by atoms with E-state index in [-0.39, 0.29) is 22.0 Å². The van der Waals surface area contributed by atoms with Crippen molar-refractivity contribution in [1.29, 1.82) is 0 Å². The van der Waals surface area contributed by atoms with Crippen LogP contribution < -0.4 is 5.43 Å². The zero-order valence-electron chi connectivity index (χ0n) is 17.5. The van der Waals surface area contributed by atoms with E-state index < -0.39 is 28.3 Å². The van der Waals surface area contributed by atoms with Gasteiger partial charge in [-0.3, -0.25) is 4.79 Å². The molecule has 1 N–H and O–H groups in total. The third-order valence-electron chi connectivity index (χ3n) is 4.60. The maximum atomic E-state index is 13.8. The van der Waals surface area contributed by atoms with E-state index in [0.29, 0.717) is 10.6 Å². The molecule has 0 aromatic heterocycles. The standard InChI is InChI=1S/C23H20Cl2FN3O3S/c1-16-4-2-5-17(12-16)14-29(33(31,32)19-10-8-18(24)9-11-19)15-23(30)28-27-13-20-21(25)6-3-7-22(20)26/h2-13H,14-15H2,1H3,(H,28,30)/b27-13-. The lowest BCUT2D eigenvalue weighted by atomic mass is 10.1. The first kappa shape index (κ1) is 24.9. The molecule has 33 heavy (non-hydrogen) atoms. The second-order valence-corrected chi connectivity index (χ2v) is 9.93. The molecule has 1 amide bonds. The Morgan fingerprint density at radius 1 is 1.09 bits per heavy atom. The Morgan fingerprint density at radius 3 is 2.45 bits per heavy atom. The average Bonchev–Trinajstić information content (AvgIpc) is 2.76. The van der Waals surface area contributed by atoms with E-state index in [1.165, 1.54) is 42.5 Å². The molecule has 6 nitrogen and oxygen atoms in total. The molecule has 0 saturated heterocycles. The molecule has 3 aromatic rings. The Bertz CT molecular complexity index is 1260. The minimum absolute atomic E-state index is 0.00451. The number of carbonyl (C=O) groups is 1. The molecule has 3 aromatic carbocycles. The monoisotopic (exact) mass is 507 g/mol. The normalized spacial score (nSPS) is 11.8. The van der Waals surface area contributed by atoms with E-state index in [1.54, 1.807) is 12.1 Å². The van der Waals surface area contributed by atoms with Gasteiger partial charge in [0.15, 0.2) is 0 Å². The van der Waals surface area contributed by atoms with Crippen molar-refractivity contribution in [3.8, 4) is 0 Å². The number of nitrogens with one attached hydrogen (secondary N) is 1. The zero-order chi connectivity index (χ0) is 24.0. The Morgan fingerprint density at radius 2 is 1.79 bits per heavy atom. The third-order valence-corrected chi connectivity index (χ3v) is 6.98. The van der Waals surface area contributed by atoms with Crippen molar-refractivity contribution in [1.82, 2.24) is 9.73 Å². The molecule has 0 aliphatic rings. The maximum absolute atomic E-state index is 13.8. The van der Waals surface area contributed by atoms with Crippen LogP contribution in [-0.2, 0) is 21.4 Å². The van der Waals surface area contributed by atoms with Gasteiger partial charge in [0, 0.05) is 17.1 Å². The number of aryl methyl sites for hydroxylation is 1. The molecule has 0 aliphatic heterocycles. The van der Waals surface area contributed by atoms with Crippen LogP contribution in [-0.4, -0.2) is 31.4 Å². The van der Waals surface area contributed by atoms with Gasteiger partial charge in [-0.05, 0) is 48.9 Å². The van der Waals surface area contributed by atoms with Crippen LogP contribution in [0.2, 0.25) is 10.0 Å². The number of hydrazone groups is 1. The molecule has 172 valence electrons. The van der Waals surface area contributed by atoms with Gasteiger partial charge in [-0.25, -0.2) is 18.2 Å².